The molecule has 2 aromatic rings. The Balaban J connectivity index is 1.62. The largest absolute Gasteiger partial charge is 0.452 e. The number of likely N-dealkylation sites (tertiary alicyclic amines) is 1. The van der Waals surface area contributed by atoms with Crippen LogP contribution in [0.1, 0.15) is 23.2 Å². The van der Waals surface area contributed by atoms with E-state index in [4.69, 9.17) is 9.15 Å². The van der Waals surface area contributed by atoms with Crippen LogP contribution < -0.4 is 0 Å². The number of ether oxygens (including phenoxy) is 1. The Morgan fingerprint density at radius 2 is 2.10 bits per heavy atom. The summed E-state index contributed by atoms with van der Waals surface area (Å²) < 4.78 is 10.1. The maximum absolute atomic E-state index is 11.9. The maximum atomic E-state index is 11.9. The molecule has 0 aliphatic carbocycles. The van der Waals surface area contributed by atoms with Gasteiger partial charge in [0.2, 0.25) is 0 Å². The van der Waals surface area contributed by atoms with Crippen molar-refractivity contribution in [2.45, 2.75) is 12.8 Å². The molecule has 3 rings (SSSR count). The zero-order valence-electron chi connectivity index (χ0n) is 10.9. The van der Waals surface area contributed by atoms with Crippen LogP contribution in [0.4, 0.5) is 0 Å². The topological polar surface area (TPSA) is 72.6 Å². The summed E-state index contributed by atoms with van der Waals surface area (Å²) in [6.07, 6.45) is 3.35. The van der Waals surface area contributed by atoms with Gasteiger partial charge in [0.05, 0.1) is 5.56 Å². The fraction of sp³-hybridized carbons (Fsp3) is 0.357. The molecule has 1 aliphatic rings. The lowest BCUT2D eigenvalue weighted by molar-refractivity contribution is -0.133. The van der Waals surface area contributed by atoms with E-state index in [1.54, 1.807) is 23.1 Å². The smallest absolute Gasteiger partial charge is 0.338 e. The van der Waals surface area contributed by atoms with Gasteiger partial charge in [-0.25, -0.2) is 9.78 Å². The van der Waals surface area contributed by atoms with Gasteiger partial charge in [0, 0.05) is 13.1 Å². The second-order valence-electron chi connectivity index (χ2n) is 4.70. The van der Waals surface area contributed by atoms with Crippen molar-refractivity contribution in [3.8, 4) is 0 Å². The van der Waals surface area contributed by atoms with Crippen LogP contribution in [0.2, 0.25) is 0 Å². The van der Waals surface area contributed by atoms with Crippen LogP contribution in [0, 0.1) is 0 Å². The second-order valence-corrected chi connectivity index (χ2v) is 4.70. The van der Waals surface area contributed by atoms with E-state index in [2.05, 4.69) is 4.98 Å². The van der Waals surface area contributed by atoms with E-state index in [-0.39, 0.29) is 12.5 Å². The molecule has 0 N–H and O–H groups in total. The number of rotatable bonds is 3. The lowest BCUT2D eigenvalue weighted by atomic mass is 10.2. The third-order valence-electron chi connectivity index (χ3n) is 3.35. The monoisotopic (exact) mass is 274 g/mol. The van der Waals surface area contributed by atoms with E-state index in [1.807, 2.05) is 0 Å². The van der Waals surface area contributed by atoms with Gasteiger partial charge in [-0.3, -0.25) is 4.79 Å². The first-order valence-corrected chi connectivity index (χ1v) is 6.52. The molecule has 1 saturated heterocycles. The van der Waals surface area contributed by atoms with Crippen molar-refractivity contribution in [1.29, 1.82) is 0 Å². The Hall–Kier alpha value is -2.37. The minimum absolute atomic E-state index is 0.140. The number of oxazole rings is 1. The number of aromatic nitrogens is 1. The predicted octanol–water partition coefficient (Wildman–Crippen LogP) is 1.61. The molecule has 6 heteroatoms. The number of carbonyl (C=O) groups excluding carboxylic acids is 2. The van der Waals surface area contributed by atoms with E-state index >= 15 is 0 Å². The molecular formula is C14H14N2O4. The standard InChI is InChI=1S/C14H14N2O4/c17-13(16-5-1-2-6-16)8-19-14(18)10-3-4-12-11(7-10)15-9-20-12/h3-4,7,9H,1-2,5-6,8H2. The zero-order chi connectivity index (χ0) is 13.9. The normalized spacial score (nSPS) is 14.7. The summed E-state index contributed by atoms with van der Waals surface area (Å²) >= 11 is 0. The van der Waals surface area contributed by atoms with Crippen molar-refractivity contribution in [1.82, 2.24) is 9.88 Å². The highest BCUT2D eigenvalue weighted by atomic mass is 16.5. The van der Waals surface area contributed by atoms with Gasteiger partial charge in [0.1, 0.15) is 5.52 Å². The lowest BCUT2D eigenvalue weighted by Crippen LogP contribution is -2.32. The zero-order valence-corrected chi connectivity index (χ0v) is 10.9. The first-order chi connectivity index (χ1) is 9.74. The van der Waals surface area contributed by atoms with Gasteiger partial charge in [-0.2, -0.15) is 0 Å². The Morgan fingerprint density at radius 3 is 2.90 bits per heavy atom. The summed E-state index contributed by atoms with van der Waals surface area (Å²) in [5.74, 6) is -0.666. The van der Waals surface area contributed by atoms with Crippen molar-refractivity contribution in [3.63, 3.8) is 0 Å². The number of fused-ring (bicyclic) bond motifs is 1. The molecular weight excluding hydrogens is 260 g/mol. The van der Waals surface area contributed by atoms with Crippen molar-refractivity contribution >= 4 is 23.0 Å². The minimum Gasteiger partial charge on any atom is -0.452 e. The van der Waals surface area contributed by atoms with Crippen LogP contribution in [-0.4, -0.2) is 41.5 Å². The highest BCUT2D eigenvalue weighted by Gasteiger charge is 2.19. The SMILES string of the molecule is O=C(OCC(=O)N1CCCC1)c1ccc2ocnc2c1. The van der Waals surface area contributed by atoms with E-state index in [1.165, 1.54) is 6.39 Å². The van der Waals surface area contributed by atoms with Gasteiger partial charge in [0.25, 0.3) is 5.91 Å². The molecule has 6 nitrogen and oxygen atoms in total. The lowest BCUT2D eigenvalue weighted by Gasteiger charge is -2.14. The summed E-state index contributed by atoms with van der Waals surface area (Å²) in [5.41, 5.74) is 1.56. The number of benzene rings is 1. The maximum Gasteiger partial charge on any atom is 0.338 e. The number of hydrogen-bond acceptors (Lipinski definition) is 5. The third-order valence-corrected chi connectivity index (χ3v) is 3.35. The molecule has 104 valence electrons. The molecule has 2 heterocycles. The fourth-order valence-electron chi connectivity index (χ4n) is 2.25. The molecule has 1 aromatic heterocycles. The Morgan fingerprint density at radius 1 is 1.30 bits per heavy atom. The Bertz CT molecular complexity index is 643. The summed E-state index contributed by atoms with van der Waals surface area (Å²) in [6.45, 7) is 1.29. The summed E-state index contributed by atoms with van der Waals surface area (Å²) in [4.78, 5) is 29.3. The highest BCUT2D eigenvalue weighted by molar-refractivity contribution is 5.94. The predicted molar refractivity (Wildman–Crippen MR) is 70.1 cm³/mol. The van der Waals surface area contributed by atoms with Gasteiger partial charge in [-0.1, -0.05) is 0 Å². The summed E-state index contributed by atoms with van der Waals surface area (Å²) in [6, 6.07) is 4.83. The molecule has 0 unspecified atom stereocenters. The number of nitrogens with zero attached hydrogens (tertiary/aromatic N) is 2. The minimum atomic E-state index is -0.526. The quantitative estimate of drug-likeness (QED) is 0.795. The van der Waals surface area contributed by atoms with Gasteiger partial charge < -0.3 is 14.1 Å². The Labute approximate surface area is 115 Å². The van der Waals surface area contributed by atoms with Gasteiger partial charge in [-0.05, 0) is 31.0 Å². The van der Waals surface area contributed by atoms with E-state index in [9.17, 15) is 9.59 Å². The molecule has 1 amide bonds. The number of hydrogen-bond donors (Lipinski definition) is 0. The Kier molecular flexibility index (Phi) is 3.37. The van der Waals surface area contributed by atoms with Crippen LogP contribution >= 0.6 is 0 Å². The molecule has 1 aromatic carbocycles. The second kappa shape index (κ2) is 5.32. The summed E-state index contributed by atoms with van der Waals surface area (Å²) in [5, 5.41) is 0. The van der Waals surface area contributed by atoms with Crippen LogP contribution in [0.15, 0.2) is 29.0 Å². The molecule has 0 bridgehead atoms. The molecule has 0 spiro atoms. The van der Waals surface area contributed by atoms with Crippen LogP contribution in [0.5, 0.6) is 0 Å². The number of esters is 1. The van der Waals surface area contributed by atoms with Crippen LogP contribution in [0.3, 0.4) is 0 Å². The highest BCUT2D eigenvalue weighted by Crippen LogP contribution is 2.15. The number of amides is 1. The van der Waals surface area contributed by atoms with Crippen LogP contribution in [0.25, 0.3) is 11.1 Å². The van der Waals surface area contributed by atoms with Crippen molar-refractivity contribution < 1.29 is 18.7 Å². The third kappa shape index (κ3) is 2.49. The van der Waals surface area contributed by atoms with Crippen molar-refractivity contribution in [3.05, 3.63) is 30.2 Å². The summed E-state index contributed by atoms with van der Waals surface area (Å²) in [7, 11) is 0. The first kappa shape index (κ1) is 12.7. The molecule has 20 heavy (non-hydrogen) atoms. The molecule has 1 fully saturated rings. The van der Waals surface area contributed by atoms with Gasteiger partial charge in [0.15, 0.2) is 18.6 Å². The van der Waals surface area contributed by atoms with Crippen molar-refractivity contribution in [2.24, 2.45) is 0 Å². The molecule has 1 aliphatic heterocycles. The average Bonchev–Trinajstić information content (AvgIpc) is 3.13. The van der Waals surface area contributed by atoms with Crippen molar-refractivity contribution in [2.75, 3.05) is 19.7 Å². The first-order valence-electron chi connectivity index (χ1n) is 6.52. The fourth-order valence-corrected chi connectivity index (χ4v) is 2.25. The van der Waals surface area contributed by atoms with E-state index < -0.39 is 5.97 Å². The van der Waals surface area contributed by atoms with E-state index in [0.29, 0.717) is 16.7 Å². The number of carbonyl (C=O) groups is 2. The molecule has 0 atom stereocenters. The molecule has 0 radical (unpaired) electrons. The van der Waals surface area contributed by atoms with Gasteiger partial charge in [-0.15, -0.1) is 0 Å². The molecule has 0 saturated carbocycles. The average molecular weight is 274 g/mol. The van der Waals surface area contributed by atoms with Crippen LogP contribution in [-0.2, 0) is 9.53 Å². The van der Waals surface area contributed by atoms with E-state index in [0.717, 1.165) is 25.9 Å². The van der Waals surface area contributed by atoms with Gasteiger partial charge >= 0.3 is 5.97 Å².